The van der Waals surface area contributed by atoms with E-state index in [0.717, 1.165) is 78.6 Å². The number of nitrogens with zero attached hydrogens (tertiary/aromatic N) is 5. The molecule has 8 heteroatoms. The largest absolute Gasteiger partial charge is 0.340 e. The zero-order valence-electron chi connectivity index (χ0n) is 21.5. The summed E-state index contributed by atoms with van der Waals surface area (Å²) in [6.45, 7) is 4.96. The number of aryl methyl sites for hydroxylation is 1. The number of hydrogen-bond acceptors (Lipinski definition) is 5. The quantitative estimate of drug-likeness (QED) is 0.411. The maximum Gasteiger partial charge on any atom is 0.226 e. The molecule has 7 rings (SSSR count). The van der Waals surface area contributed by atoms with Gasteiger partial charge in [-0.25, -0.2) is 0 Å². The van der Waals surface area contributed by atoms with Gasteiger partial charge in [0.1, 0.15) is 16.4 Å². The summed E-state index contributed by atoms with van der Waals surface area (Å²) >= 11 is 8.57. The number of benzene rings is 1. The highest BCUT2D eigenvalue weighted by atomic mass is 35.5. The first-order valence-corrected chi connectivity index (χ1v) is 14.9. The number of aliphatic imine (C=N–C) groups is 1. The van der Waals surface area contributed by atoms with Gasteiger partial charge >= 0.3 is 0 Å². The predicted molar refractivity (Wildman–Crippen MR) is 147 cm³/mol. The molecule has 6 nitrogen and oxygen atoms in total. The summed E-state index contributed by atoms with van der Waals surface area (Å²) in [5, 5.41) is 10.9. The highest BCUT2D eigenvalue weighted by molar-refractivity contribution is 7.15. The molecule has 2 aromatic heterocycles. The maximum atomic E-state index is 13.9. The highest BCUT2D eigenvalue weighted by Gasteiger charge is 2.52. The molecule has 4 aliphatic rings. The summed E-state index contributed by atoms with van der Waals surface area (Å²) in [7, 11) is 0. The Labute approximate surface area is 226 Å². The molecule has 37 heavy (non-hydrogen) atoms. The number of rotatable bonds is 4. The second-order valence-corrected chi connectivity index (χ2v) is 12.6. The van der Waals surface area contributed by atoms with Crippen molar-refractivity contribution in [1.82, 2.24) is 19.7 Å². The molecule has 1 spiro atoms. The van der Waals surface area contributed by atoms with Gasteiger partial charge in [-0.05, 0) is 64.0 Å². The van der Waals surface area contributed by atoms with Crippen LogP contribution in [-0.4, -0.2) is 43.9 Å². The van der Waals surface area contributed by atoms with Crippen LogP contribution in [0.4, 0.5) is 0 Å². The fourth-order valence-electron chi connectivity index (χ4n) is 6.75. The molecule has 0 N–H and O–H groups in total. The summed E-state index contributed by atoms with van der Waals surface area (Å²) in [5.74, 6) is 2.16. The minimum Gasteiger partial charge on any atom is -0.340 e. The van der Waals surface area contributed by atoms with Gasteiger partial charge in [0, 0.05) is 39.5 Å². The van der Waals surface area contributed by atoms with Crippen LogP contribution in [0.5, 0.6) is 0 Å². The van der Waals surface area contributed by atoms with E-state index in [-0.39, 0.29) is 11.5 Å². The Morgan fingerprint density at radius 2 is 1.95 bits per heavy atom. The predicted octanol–water partition coefficient (Wildman–Crippen LogP) is 6.03. The molecule has 2 saturated carbocycles. The SMILES string of the molecule is CCN(C(=O)[C@@H]1Cc2sc3c(c2C1)C(c1ccccc1Cl)=NC1(CC1)c1nnc(C)n1-3)C1CCCCC1. The van der Waals surface area contributed by atoms with E-state index in [0.29, 0.717) is 17.0 Å². The van der Waals surface area contributed by atoms with Crippen molar-refractivity contribution < 1.29 is 4.79 Å². The smallest absolute Gasteiger partial charge is 0.226 e. The highest BCUT2D eigenvalue weighted by Crippen LogP contribution is 2.54. The Morgan fingerprint density at radius 3 is 2.68 bits per heavy atom. The fourth-order valence-corrected chi connectivity index (χ4v) is 8.43. The van der Waals surface area contributed by atoms with Crippen LogP contribution in [0, 0.1) is 12.8 Å². The average molecular weight is 534 g/mol. The molecule has 192 valence electrons. The minimum absolute atomic E-state index is 0.000500. The average Bonchev–Trinajstić information content (AvgIpc) is 3.24. The third kappa shape index (κ3) is 3.64. The van der Waals surface area contributed by atoms with Gasteiger partial charge in [0.15, 0.2) is 5.82 Å². The molecule has 3 heterocycles. The first kappa shape index (κ1) is 23.6. The summed E-state index contributed by atoms with van der Waals surface area (Å²) in [5.41, 5.74) is 3.98. The molecule has 2 fully saturated rings. The number of hydrogen-bond donors (Lipinski definition) is 0. The van der Waals surface area contributed by atoms with Crippen LogP contribution >= 0.6 is 22.9 Å². The first-order valence-electron chi connectivity index (χ1n) is 13.7. The van der Waals surface area contributed by atoms with Crippen LogP contribution in [0.25, 0.3) is 5.00 Å². The molecule has 1 amide bonds. The maximum absolute atomic E-state index is 13.9. The lowest BCUT2D eigenvalue weighted by Crippen LogP contribution is -2.44. The fraction of sp³-hybridized carbons (Fsp3) is 0.517. The van der Waals surface area contributed by atoms with Gasteiger partial charge in [0.25, 0.3) is 0 Å². The lowest BCUT2D eigenvalue weighted by molar-refractivity contribution is -0.138. The molecule has 3 aliphatic carbocycles. The summed E-state index contributed by atoms with van der Waals surface area (Å²) in [4.78, 5) is 22.8. The zero-order chi connectivity index (χ0) is 25.3. The Kier molecular flexibility index (Phi) is 5.59. The van der Waals surface area contributed by atoms with Gasteiger partial charge in [-0.15, -0.1) is 21.5 Å². The number of fused-ring (bicyclic) bond motifs is 6. The molecular formula is C29H32ClN5OS. The van der Waals surface area contributed by atoms with E-state index in [2.05, 4.69) is 32.7 Å². The standard InChI is InChI=1S/C29H32ClN5OS/c1-3-34(19-9-5-4-6-10-19)26(36)18-15-21-23(16-18)37-27-24(21)25(20-11-7-8-12-22(20)30)31-29(13-14-29)28-33-32-17(2)35(27)28/h7-8,11-12,18-19H,3-6,9-10,13-16H2,1-2H3/t18-/m0/s1. The Bertz CT molecular complexity index is 1430. The number of aromatic nitrogens is 3. The van der Waals surface area contributed by atoms with Crippen molar-refractivity contribution in [3.63, 3.8) is 0 Å². The van der Waals surface area contributed by atoms with Gasteiger partial charge in [0.05, 0.1) is 5.71 Å². The second-order valence-electron chi connectivity index (χ2n) is 11.1. The summed E-state index contributed by atoms with van der Waals surface area (Å²) in [6.07, 6.45) is 9.54. The number of thiophene rings is 1. The van der Waals surface area contributed by atoms with Crippen LogP contribution in [0.2, 0.25) is 5.02 Å². The molecular weight excluding hydrogens is 502 g/mol. The molecule has 0 saturated heterocycles. The number of amides is 1. The number of carbonyl (C=O) groups excluding carboxylic acids is 1. The van der Waals surface area contributed by atoms with Crippen molar-refractivity contribution in [3.05, 3.63) is 62.5 Å². The number of halogens is 1. The van der Waals surface area contributed by atoms with Crippen LogP contribution in [0.3, 0.4) is 0 Å². The van der Waals surface area contributed by atoms with E-state index in [1.54, 1.807) is 11.3 Å². The molecule has 0 bridgehead atoms. The lowest BCUT2D eigenvalue weighted by atomic mass is 9.92. The Balaban J connectivity index is 1.33. The van der Waals surface area contributed by atoms with Gasteiger partial charge in [-0.1, -0.05) is 49.1 Å². The van der Waals surface area contributed by atoms with Crippen molar-refractivity contribution >= 4 is 34.6 Å². The molecule has 3 aromatic rings. The van der Waals surface area contributed by atoms with Crippen LogP contribution < -0.4 is 0 Å². The van der Waals surface area contributed by atoms with Crippen molar-refractivity contribution in [2.75, 3.05) is 6.54 Å². The van der Waals surface area contributed by atoms with E-state index in [1.807, 2.05) is 25.1 Å². The van der Waals surface area contributed by atoms with Crippen LogP contribution in [0.1, 0.15) is 85.1 Å². The molecule has 1 aliphatic heterocycles. The van der Waals surface area contributed by atoms with Gasteiger partial charge < -0.3 is 4.90 Å². The Morgan fingerprint density at radius 1 is 1.16 bits per heavy atom. The van der Waals surface area contributed by atoms with Crippen LogP contribution in [0.15, 0.2) is 29.3 Å². The monoisotopic (exact) mass is 533 g/mol. The first-order chi connectivity index (χ1) is 18.0. The van der Waals surface area contributed by atoms with Crippen LogP contribution in [-0.2, 0) is 23.2 Å². The normalized spacial score (nSPS) is 21.7. The van der Waals surface area contributed by atoms with Gasteiger partial charge in [-0.3, -0.25) is 14.4 Å². The molecule has 0 radical (unpaired) electrons. The summed E-state index contributed by atoms with van der Waals surface area (Å²) < 4.78 is 2.23. The van der Waals surface area contributed by atoms with E-state index >= 15 is 0 Å². The molecule has 0 unspecified atom stereocenters. The molecule has 1 aromatic carbocycles. The van der Waals surface area contributed by atoms with E-state index in [4.69, 9.17) is 16.6 Å². The van der Waals surface area contributed by atoms with Crippen molar-refractivity contribution in [2.24, 2.45) is 10.9 Å². The van der Waals surface area contributed by atoms with Crippen molar-refractivity contribution in [1.29, 1.82) is 0 Å². The Hall–Kier alpha value is -2.51. The van der Waals surface area contributed by atoms with Crippen molar-refractivity contribution in [2.45, 2.75) is 83.2 Å². The zero-order valence-corrected chi connectivity index (χ0v) is 23.0. The van der Waals surface area contributed by atoms with Gasteiger partial charge in [0.2, 0.25) is 5.91 Å². The van der Waals surface area contributed by atoms with Gasteiger partial charge in [-0.2, -0.15) is 0 Å². The van der Waals surface area contributed by atoms with E-state index in [1.165, 1.54) is 29.7 Å². The number of carbonyl (C=O) groups is 1. The molecule has 1 atom stereocenters. The summed E-state index contributed by atoms with van der Waals surface area (Å²) in [6, 6.07) is 8.41. The minimum atomic E-state index is -0.338. The topological polar surface area (TPSA) is 63.4 Å². The third-order valence-corrected chi connectivity index (χ3v) is 10.4. The third-order valence-electron chi connectivity index (χ3n) is 8.80. The second kappa shape index (κ2) is 8.77. The lowest BCUT2D eigenvalue weighted by Gasteiger charge is -2.35. The van der Waals surface area contributed by atoms with Crippen molar-refractivity contribution in [3.8, 4) is 5.00 Å². The van der Waals surface area contributed by atoms with E-state index < -0.39 is 0 Å². The van der Waals surface area contributed by atoms with E-state index in [9.17, 15) is 4.79 Å².